The Hall–Kier alpha value is -2.34. The average Bonchev–Trinajstić information content (AvgIpc) is 2.48. The summed E-state index contributed by atoms with van der Waals surface area (Å²) >= 11 is 0. The summed E-state index contributed by atoms with van der Waals surface area (Å²) in [6.07, 6.45) is 0. The smallest absolute Gasteiger partial charge is 0.0125 e. The van der Waals surface area contributed by atoms with Gasteiger partial charge in [-0.25, -0.2) is 0 Å². The van der Waals surface area contributed by atoms with Crippen LogP contribution in [0.25, 0.3) is 11.1 Å². The van der Waals surface area contributed by atoms with Crippen LogP contribution in [0, 0.1) is 0 Å². The fourth-order valence-corrected chi connectivity index (χ4v) is 2.35. The Morgan fingerprint density at radius 3 is 1.30 bits per heavy atom. The van der Waals surface area contributed by atoms with Crippen LogP contribution in [-0.4, -0.2) is 0 Å². The first kappa shape index (κ1) is 14.1. The highest BCUT2D eigenvalue weighted by Gasteiger charge is 2.12. The van der Waals surface area contributed by atoms with Crippen LogP contribution in [0.5, 0.6) is 0 Å². The lowest BCUT2D eigenvalue weighted by molar-refractivity contribution is 1.35. The molecule has 100 valence electrons. The first-order valence-corrected chi connectivity index (χ1v) is 6.78. The molecule has 0 heterocycles. The van der Waals surface area contributed by atoms with Gasteiger partial charge >= 0.3 is 0 Å². The molecule has 0 N–H and O–H groups in total. The van der Waals surface area contributed by atoms with E-state index in [0.717, 1.165) is 27.8 Å². The number of rotatable bonds is 4. The maximum atomic E-state index is 4.27. The Balaban J connectivity index is 2.42. The van der Waals surface area contributed by atoms with Crippen LogP contribution >= 0.6 is 0 Å². The van der Waals surface area contributed by atoms with Crippen LogP contribution in [0.1, 0.15) is 25.0 Å². The lowest BCUT2D eigenvalue weighted by atomic mass is 9.88. The van der Waals surface area contributed by atoms with Crippen molar-refractivity contribution < 1.29 is 0 Å². The maximum absolute atomic E-state index is 4.27. The zero-order valence-corrected chi connectivity index (χ0v) is 12.2. The highest BCUT2D eigenvalue weighted by molar-refractivity contribution is 5.97. The van der Waals surface area contributed by atoms with Gasteiger partial charge < -0.3 is 0 Å². The van der Waals surface area contributed by atoms with Crippen molar-refractivity contribution in [3.63, 3.8) is 0 Å². The third-order valence-corrected chi connectivity index (χ3v) is 3.35. The van der Waals surface area contributed by atoms with Gasteiger partial charge in [0.05, 0.1) is 0 Å². The summed E-state index contributed by atoms with van der Waals surface area (Å²) in [6, 6.07) is 20.5. The van der Waals surface area contributed by atoms with Crippen molar-refractivity contribution in [3.05, 3.63) is 96.1 Å². The summed E-state index contributed by atoms with van der Waals surface area (Å²) in [4.78, 5) is 0. The molecule has 2 aromatic rings. The Labute approximate surface area is 121 Å². The molecule has 0 unspecified atom stereocenters. The molecule has 0 aliphatic heterocycles. The molecular weight excluding hydrogens is 240 g/mol. The standard InChI is InChI=1S/C20H20/c1-15(2)20(16(3)18-11-7-5-8-12-18)17(4)19-13-9-6-10-14-19/h5-14H,3-4H2,1-2H3. The second-order valence-electron chi connectivity index (χ2n) is 5.06. The molecule has 0 spiro atoms. The Morgan fingerprint density at radius 2 is 1.00 bits per heavy atom. The molecule has 0 saturated heterocycles. The molecule has 0 aliphatic carbocycles. The van der Waals surface area contributed by atoms with Crippen molar-refractivity contribution in [3.8, 4) is 0 Å². The first-order valence-electron chi connectivity index (χ1n) is 6.78. The minimum atomic E-state index is 1.03. The van der Waals surface area contributed by atoms with Gasteiger partial charge in [0.25, 0.3) is 0 Å². The molecule has 0 saturated carbocycles. The van der Waals surface area contributed by atoms with Crippen molar-refractivity contribution in [2.45, 2.75) is 13.8 Å². The van der Waals surface area contributed by atoms with Gasteiger partial charge in [0.1, 0.15) is 0 Å². The molecule has 20 heavy (non-hydrogen) atoms. The van der Waals surface area contributed by atoms with Gasteiger partial charge in [0.2, 0.25) is 0 Å². The summed E-state index contributed by atoms with van der Waals surface area (Å²) in [7, 11) is 0. The highest BCUT2D eigenvalue weighted by Crippen LogP contribution is 2.34. The fourth-order valence-electron chi connectivity index (χ4n) is 2.35. The van der Waals surface area contributed by atoms with Crippen LogP contribution in [0.2, 0.25) is 0 Å². The van der Waals surface area contributed by atoms with Crippen LogP contribution in [0.4, 0.5) is 0 Å². The van der Waals surface area contributed by atoms with Gasteiger partial charge in [-0.15, -0.1) is 0 Å². The van der Waals surface area contributed by atoms with Crippen molar-refractivity contribution in [2.24, 2.45) is 0 Å². The molecule has 0 fully saturated rings. The summed E-state index contributed by atoms with van der Waals surface area (Å²) < 4.78 is 0. The molecular formula is C20H20. The maximum Gasteiger partial charge on any atom is -0.0125 e. The number of allylic oxidation sites excluding steroid dienone is 4. The molecule has 0 heteroatoms. The second kappa shape index (κ2) is 6.21. The van der Waals surface area contributed by atoms with E-state index < -0.39 is 0 Å². The predicted molar refractivity (Wildman–Crippen MR) is 89.3 cm³/mol. The molecule has 2 aromatic carbocycles. The van der Waals surface area contributed by atoms with Gasteiger partial charge in [-0.05, 0) is 41.7 Å². The fraction of sp³-hybridized carbons (Fsp3) is 0.100. The Bertz CT molecular complexity index is 585. The number of hydrogen-bond donors (Lipinski definition) is 0. The summed E-state index contributed by atoms with van der Waals surface area (Å²) in [5.41, 5.74) is 6.70. The van der Waals surface area contributed by atoms with E-state index in [1.165, 1.54) is 5.57 Å². The van der Waals surface area contributed by atoms with E-state index in [1.54, 1.807) is 0 Å². The molecule has 0 aliphatic rings. The third-order valence-electron chi connectivity index (χ3n) is 3.35. The highest BCUT2D eigenvalue weighted by atomic mass is 14.2. The first-order chi connectivity index (χ1) is 9.61. The summed E-state index contributed by atoms with van der Waals surface area (Å²) in [6.45, 7) is 12.8. The van der Waals surface area contributed by atoms with Gasteiger partial charge in [-0.1, -0.05) is 79.4 Å². The van der Waals surface area contributed by atoms with E-state index >= 15 is 0 Å². The zero-order valence-electron chi connectivity index (χ0n) is 12.2. The largest absolute Gasteiger partial charge is 0.0905 e. The molecule has 0 amide bonds. The van der Waals surface area contributed by atoms with Crippen molar-refractivity contribution in [1.82, 2.24) is 0 Å². The van der Waals surface area contributed by atoms with Crippen LogP contribution < -0.4 is 0 Å². The average molecular weight is 260 g/mol. The van der Waals surface area contributed by atoms with Crippen LogP contribution in [-0.2, 0) is 0 Å². The van der Waals surface area contributed by atoms with Crippen molar-refractivity contribution >= 4 is 11.1 Å². The van der Waals surface area contributed by atoms with E-state index in [4.69, 9.17) is 0 Å². The van der Waals surface area contributed by atoms with E-state index in [2.05, 4.69) is 51.3 Å². The minimum absolute atomic E-state index is 1.03. The molecule has 0 aromatic heterocycles. The summed E-state index contributed by atoms with van der Waals surface area (Å²) in [5, 5.41) is 0. The van der Waals surface area contributed by atoms with Gasteiger partial charge in [-0.3, -0.25) is 0 Å². The monoisotopic (exact) mass is 260 g/mol. The molecule has 0 radical (unpaired) electrons. The summed E-state index contributed by atoms with van der Waals surface area (Å²) in [5.74, 6) is 0. The molecule has 2 rings (SSSR count). The van der Waals surface area contributed by atoms with Crippen LogP contribution in [0.15, 0.2) is 85.0 Å². The van der Waals surface area contributed by atoms with Gasteiger partial charge in [0.15, 0.2) is 0 Å². The lowest BCUT2D eigenvalue weighted by Crippen LogP contribution is -1.95. The normalized spacial score (nSPS) is 9.90. The van der Waals surface area contributed by atoms with E-state index in [-0.39, 0.29) is 0 Å². The van der Waals surface area contributed by atoms with Crippen LogP contribution in [0.3, 0.4) is 0 Å². The predicted octanol–water partition coefficient (Wildman–Crippen LogP) is 5.75. The van der Waals surface area contributed by atoms with E-state index in [1.807, 2.05) is 36.4 Å². The topological polar surface area (TPSA) is 0 Å². The SMILES string of the molecule is C=C(C(C(=C)c1ccccc1)=C(C)C)c1ccccc1. The lowest BCUT2D eigenvalue weighted by Gasteiger charge is -2.16. The Morgan fingerprint density at radius 1 is 0.650 bits per heavy atom. The Kier molecular flexibility index (Phi) is 4.37. The van der Waals surface area contributed by atoms with Gasteiger partial charge in [-0.2, -0.15) is 0 Å². The quantitative estimate of drug-likeness (QED) is 0.614. The third kappa shape index (κ3) is 2.97. The number of benzene rings is 2. The second-order valence-corrected chi connectivity index (χ2v) is 5.06. The zero-order chi connectivity index (χ0) is 14.5. The number of hydrogen-bond acceptors (Lipinski definition) is 0. The molecule has 0 bridgehead atoms. The van der Waals surface area contributed by atoms with Crippen molar-refractivity contribution in [2.75, 3.05) is 0 Å². The van der Waals surface area contributed by atoms with Gasteiger partial charge in [0, 0.05) is 0 Å². The van der Waals surface area contributed by atoms with E-state index in [0.29, 0.717) is 0 Å². The van der Waals surface area contributed by atoms with E-state index in [9.17, 15) is 0 Å². The molecule has 0 nitrogen and oxygen atoms in total. The van der Waals surface area contributed by atoms with Crippen molar-refractivity contribution in [1.29, 1.82) is 0 Å². The molecule has 0 atom stereocenters. The minimum Gasteiger partial charge on any atom is -0.0905 e.